The van der Waals surface area contributed by atoms with Crippen molar-refractivity contribution in [1.29, 1.82) is 0 Å². The molecule has 0 spiro atoms. The zero-order chi connectivity index (χ0) is 15.4. The van der Waals surface area contributed by atoms with Gasteiger partial charge in [-0.25, -0.2) is 0 Å². The summed E-state index contributed by atoms with van der Waals surface area (Å²) in [6, 6.07) is 6.62. The Morgan fingerprint density at radius 2 is 2.05 bits per heavy atom. The van der Waals surface area contributed by atoms with E-state index in [1.807, 2.05) is 0 Å². The van der Waals surface area contributed by atoms with Gasteiger partial charge in [-0.2, -0.15) is 0 Å². The van der Waals surface area contributed by atoms with Crippen molar-refractivity contribution in [3.05, 3.63) is 45.3 Å². The summed E-state index contributed by atoms with van der Waals surface area (Å²) in [5.74, 6) is -0.672. The number of thiophene rings is 1. The second kappa shape index (κ2) is 7.17. The molecule has 0 radical (unpaired) electrons. The molecule has 2 amide bonds. The van der Waals surface area contributed by atoms with Gasteiger partial charge < -0.3 is 11.1 Å². The molecule has 3 N–H and O–H groups in total. The molecule has 1 aromatic heterocycles. The topological polar surface area (TPSA) is 72.2 Å². The van der Waals surface area contributed by atoms with Crippen molar-refractivity contribution >= 4 is 63.1 Å². The average molecular weight is 361 g/mol. The first kappa shape index (κ1) is 16.2. The average Bonchev–Trinajstić information content (AvgIpc) is 2.88. The quantitative estimate of drug-likeness (QED) is 0.794. The number of primary amides is 1. The molecule has 110 valence electrons. The monoisotopic (exact) mass is 360 g/mol. The summed E-state index contributed by atoms with van der Waals surface area (Å²) in [4.78, 5) is 23.8. The number of thioether (sulfide) groups is 1. The molecular formula is C13H10Cl2N2O2S2. The third kappa shape index (κ3) is 4.38. The lowest BCUT2D eigenvalue weighted by molar-refractivity contribution is -0.113. The van der Waals surface area contributed by atoms with Gasteiger partial charge in [0, 0.05) is 9.92 Å². The smallest absolute Gasteiger partial charge is 0.251 e. The Morgan fingerprint density at radius 1 is 1.29 bits per heavy atom. The maximum Gasteiger partial charge on any atom is 0.251 e. The Hall–Kier alpha value is -1.21. The summed E-state index contributed by atoms with van der Waals surface area (Å²) in [5, 5.41) is 5.88. The van der Waals surface area contributed by atoms with Crippen molar-refractivity contribution in [1.82, 2.24) is 0 Å². The number of amides is 2. The number of hydrogen-bond acceptors (Lipinski definition) is 4. The molecular weight excluding hydrogens is 351 g/mol. The zero-order valence-electron chi connectivity index (χ0n) is 10.6. The molecule has 2 aromatic rings. The van der Waals surface area contributed by atoms with Crippen LogP contribution in [0.25, 0.3) is 0 Å². The van der Waals surface area contributed by atoms with E-state index in [0.717, 1.165) is 4.90 Å². The lowest BCUT2D eigenvalue weighted by Gasteiger charge is -2.06. The van der Waals surface area contributed by atoms with E-state index in [0.29, 0.717) is 20.6 Å². The van der Waals surface area contributed by atoms with Crippen LogP contribution in [0.1, 0.15) is 10.4 Å². The van der Waals surface area contributed by atoms with Gasteiger partial charge in [0.05, 0.1) is 16.3 Å². The summed E-state index contributed by atoms with van der Waals surface area (Å²) < 4.78 is 0. The molecule has 8 heteroatoms. The third-order valence-corrected chi connectivity index (χ3v) is 5.00. The second-order valence-corrected chi connectivity index (χ2v) is 6.72. The molecule has 0 atom stereocenters. The number of anilines is 1. The van der Waals surface area contributed by atoms with Crippen LogP contribution in [-0.2, 0) is 4.79 Å². The molecule has 0 bridgehead atoms. The van der Waals surface area contributed by atoms with Crippen molar-refractivity contribution < 1.29 is 9.59 Å². The largest absolute Gasteiger partial charge is 0.366 e. The highest BCUT2D eigenvalue weighted by molar-refractivity contribution is 8.00. The Bertz CT molecular complexity index is 689. The van der Waals surface area contributed by atoms with Crippen LogP contribution in [0.3, 0.4) is 0 Å². The zero-order valence-corrected chi connectivity index (χ0v) is 13.7. The van der Waals surface area contributed by atoms with Crippen LogP contribution in [0.15, 0.2) is 34.5 Å². The minimum atomic E-state index is -0.572. The Morgan fingerprint density at radius 3 is 2.76 bits per heavy atom. The molecule has 0 aliphatic rings. The van der Waals surface area contributed by atoms with Gasteiger partial charge in [-0.3, -0.25) is 9.59 Å². The van der Waals surface area contributed by atoms with Gasteiger partial charge in [0.1, 0.15) is 5.00 Å². The fraction of sp³-hybridized carbons (Fsp3) is 0.0769. The number of carbonyl (C=O) groups excluding carboxylic acids is 2. The molecule has 21 heavy (non-hydrogen) atoms. The maximum absolute atomic E-state index is 11.9. The number of halogens is 2. The standard InChI is InChI=1S/C13H10Cl2N2O2S2/c14-7-1-2-9(15)10(5-7)21-6-11(18)17-13-8(12(16)19)3-4-20-13/h1-5H,6H2,(H2,16,19)(H,17,18). The lowest BCUT2D eigenvalue weighted by atomic mass is 10.3. The van der Waals surface area contributed by atoms with Crippen molar-refractivity contribution in [2.75, 3.05) is 11.1 Å². The second-order valence-electron chi connectivity index (χ2n) is 3.94. The summed E-state index contributed by atoms with van der Waals surface area (Å²) in [6.45, 7) is 0. The van der Waals surface area contributed by atoms with Crippen LogP contribution in [0, 0.1) is 0 Å². The molecule has 0 fully saturated rings. The predicted octanol–water partition coefficient (Wildman–Crippen LogP) is 3.88. The number of nitrogens with one attached hydrogen (secondary N) is 1. The minimum absolute atomic E-state index is 0.149. The van der Waals surface area contributed by atoms with Crippen molar-refractivity contribution in [2.45, 2.75) is 4.90 Å². The van der Waals surface area contributed by atoms with Gasteiger partial charge in [0.25, 0.3) is 5.91 Å². The number of benzene rings is 1. The van der Waals surface area contributed by atoms with Gasteiger partial charge >= 0.3 is 0 Å². The predicted molar refractivity (Wildman–Crippen MR) is 88.7 cm³/mol. The summed E-state index contributed by atoms with van der Waals surface area (Å²) >= 11 is 14.4. The normalized spacial score (nSPS) is 10.4. The van der Waals surface area contributed by atoms with Crippen LogP contribution in [0.2, 0.25) is 10.0 Å². The Kier molecular flexibility index (Phi) is 5.52. The fourth-order valence-electron chi connectivity index (χ4n) is 1.49. The molecule has 2 rings (SSSR count). The van der Waals surface area contributed by atoms with Crippen LogP contribution in [0.5, 0.6) is 0 Å². The SMILES string of the molecule is NC(=O)c1ccsc1NC(=O)CSc1cc(Cl)ccc1Cl. The number of nitrogens with two attached hydrogens (primary N) is 1. The minimum Gasteiger partial charge on any atom is -0.366 e. The molecule has 4 nitrogen and oxygen atoms in total. The van der Waals surface area contributed by atoms with E-state index in [1.165, 1.54) is 23.1 Å². The molecule has 0 unspecified atom stereocenters. The first-order chi connectivity index (χ1) is 9.97. The number of rotatable bonds is 5. The van der Waals surface area contributed by atoms with E-state index in [2.05, 4.69) is 5.32 Å². The van der Waals surface area contributed by atoms with Crippen molar-refractivity contribution in [3.8, 4) is 0 Å². The lowest BCUT2D eigenvalue weighted by Crippen LogP contribution is -2.17. The van der Waals surface area contributed by atoms with E-state index in [9.17, 15) is 9.59 Å². The summed E-state index contributed by atoms with van der Waals surface area (Å²) in [7, 11) is 0. The molecule has 0 saturated heterocycles. The van der Waals surface area contributed by atoms with Gasteiger partial charge in [-0.05, 0) is 29.6 Å². The van der Waals surface area contributed by atoms with Gasteiger partial charge in [-0.15, -0.1) is 23.1 Å². The summed E-state index contributed by atoms with van der Waals surface area (Å²) in [5.41, 5.74) is 5.52. The van der Waals surface area contributed by atoms with Crippen LogP contribution < -0.4 is 11.1 Å². The first-order valence-electron chi connectivity index (χ1n) is 5.72. The Labute approximate surface area is 139 Å². The van der Waals surface area contributed by atoms with Gasteiger partial charge in [-0.1, -0.05) is 23.2 Å². The highest BCUT2D eigenvalue weighted by atomic mass is 35.5. The summed E-state index contributed by atoms with van der Waals surface area (Å²) in [6.07, 6.45) is 0. The van der Waals surface area contributed by atoms with Crippen molar-refractivity contribution in [3.63, 3.8) is 0 Å². The van der Waals surface area contributed by atoms with Crippen LogP contribution >= 0.6 is 46.3 Å². The van der Waals surface area contributed by atoms with Crippen LogP contribution in [-0.4, -0.2) is 17.6 Å². The highest BCUT2D eigenvalue weighted by Gasteiger charge is 2.13. The first-order valence-corrected chi connectivity index (χ1v) is 8.34. The van der Waals surface area contributed by atoms with E-state index >= 15 is 0 Å². The third-order valence-electron chi connectivity index (χ3n) is 2.44. The molecule has 0 aliphatic heterocycles. The van der Waals surface area contributed by atoms with Gasteiger partial charge in [0.2, 0.25) is 5.91 Å². The maximum atomic E-state index is 11.9. The van der Waals surface area contributed by atoms with E-state index in [-0.39, 0.29) is 11.7 Å². The molecule has 1 aromatic carbocycles. The molecule has 1 heterocycles. The van der Waals surface area contributed by atoms with Crippen molar-refractivity contribution in [2.24, 2.45) is 5.73 Å². The van der Waals surface area contributed by atoms with E-state index in [1.54, 1.807) is 29.6 Å². The van der Waals surface area contributed by atoms with E-state index < -0.39 is 5.91 Å². The molecule has 0 aliphatic carbocycles. The van der Waals surface area contributed by atoms with Crippen LogP contribution in [0.4, 0.5) is 5.00 Å². The van der Waals surface area contributed by atoms with Gasteiger partial charge in [0.15, 0.2) is 0 Å². The van der Waals surface area contributed by atoms with E-state index in [4.69, 9.17) is 28.9 Å². The fourth-order valence-corrected chi connectivity index (χ4v) is 3.60. The number of hydrogen-bond donors (Lipinski definition) is 2. The molecule has 0 saturated carbocycles. The number of carbonyl (C=O) groups is 2. The Balaban J connectivity index is 1.98. The highest BCUT2D eigenvalue weighted by Crippen LogP contribution is 2.30.